The Bertz CT molecular complexity index is 1550. The summed E-state index contributed by atoms with van der Waals surface area (Å²) in [6.07, 6.45) is 3.81. The summed E-state index contributed by atoms with van der Waals surface area (Å²) in [6.45, 7) is 5.06. The Hall–Kier alpha value is -3.66. The molecule has 1 aliphatic heterocycles. The molecule has 0 bridgehead atoms. The first-order chi connectivity index (χ1) is 19.8. The maximum absolute atomic E-state index is 13.9. The third-order valence-corrected chi connectivity index (χ3v) is 7.72. The second kappa shape index (κ2) is 14.2. The number of para-hydroxylation sites is 1. The van der Waals surface area contributed by atoms with Gasteiger partial charge >= 0.3 is 0 Å². The summed E-state index contributed by atoms with van der Waals surface area (Å²) in [4.78, 5) is 40.0. The number of imidazole rings is 1. The predicted molar refractivity (Wildman–Crippen MR) is 173 cm³/mol. The molecule has 0 radical (unpaired) electrons. The molecule has 0 amide bonds. The minimum Gasteiger partial charge on any atom is -0.496 e. The van der Waals surface area contributed by atoms with E-state index in [2.05, 4.69) is 15.3 Å². The topological polar surface area (TPSA) is 115 Å². The van der Waals surface area contributed by atoms with Gasteiger partial charge in [-0.3, -0.25) is 14.6 Å². The second-order valence-electron chi connectivity index (χ2n) is 10.7. The lowest BCUT2D eigenvalue weighted by atomic mass is 9.73. The summed E-state index contributed by atoms with van der Waals surface area (Å²) in [7, 11) is 4.85. The summed E-state index contributed by atoms with van der Waals surface area (Å²) in [5, 5.41) is 3.47. The average molecular weight is 630 g/mol. The van der Waals surface area contributed by atoms with Crippen LogP contribution in [0.4, 0.5) is 0 Å². The number of rotatable bonds is 11. The summed E-state index contributed by atoms with van der Waals surface area (Å²) >= 11 is 0. The third-order valence-electron chi connectivity index (χ3n) is 7.72. The summed E-state index contributed by atoms with van der Waals surface area (Å²) in [5.74, 6) is 1.78. The van der Waals surface area contributed by atoms with Crippen LogP contribution in [-0.2, 0) is 11.2 Å². The number of methoxy groups -OCH3 is 3. The number of nitrogens with zero attached hydrogens (tertiary/aromatic N) is 2. The number of dihydropyridines is 1. The van der Waals surface area contributed by atoms with E-state index in [0.29, 0.717) is 58.6 Å². The van der Waals surface area contributed by atoms with Crippen LogP contribution in [0.5, 0.6) is 17.2 Å². The van der Waals surface area contributed by atoms with Gasteiger partial charge in [0.1, 0.15) is 28.5 Å². The molecule has 2 N–H and O–H groups in total. The van der Waals surface area contributed by atoms with E-state index in [0.717, 1.165) is 30.5 Å². The van der Waals surface area contributed by atoms with Crippen molar-refractivity contribution in [2.45, 2.75) is 38.6 Å². The molecule has 0 spiro atoms. The first-order valence-electron chi connectivity index (χ1n) is 13.8. The molecule has 0 saturated carbocycles. The van der Waals surface area contributed by atoms with Gasteiger partial charge in [-0.1, -0.05) is 18.2 Å². The van der Waals surface area contributed by atoms with E-state index in [4.69, 9.17) is 19.2 Å². The van der Waals surface area contributed by atoms with Crippen LogP contribution in [0.1, 0.15) is 48.4 Å². The number of H-pyrrole nitrogens is 1. The van der Waals surface area contributed by atoms with Crippen molar-refractivity contribution in [1.82, 2.24) is 15.3 Å². The molecule has 0 saturated heterocycles. The Labute approximate surface area is 264 Å². The van der Waals surface area contributed by atoms with Crippen LogP contribution in [-0.4, -0.2) is 67.7 Å². The number of halogens is 2. The lowest BCUT2D eigenvalue weighted by Gasteiger charge is -2.32. The molecule has 230 valence electrons. The highest BCUT2D eigenvalue weighted by atomic mass is 35.5. The number of carbonyl (C=O) groups excluding carboxylic acids is 2. The fourth-order valence-corrected chi connectivity index (χ4v) is 5.46. The standard InChI is InChI=1S/C32H36N4O5.2ClH/c1-32(2)30(38)26-21(10-8-15-33-16-14-19-12-13-24(40-4)25(17-19)41-5)29(37)28-27(22(26)18-34-32)35-31(36-28)20-9-6-7-11-23(20)39-3;;/h6-7,9,11-13,17-18,21,33H,8,10,14-16H2,1-5H3,(H,35,36);2*1H. The molecule has 2 aliphatic rings. The number of allylic oxidation sites excluding steroid dienone is 1. The maximum Gasteiger partial charge on any atom is 0.188 e. The number of benzene rings is 2. The van der Waals surface area contributed by atoms with E-state index in [-0.39, 0.29) is 36.4 Å². The van der Waals surface area contributed by atoms with E-state index in [1.165, 1.54) is 0 Å². The molecular formula is C32H38Cl2N4O5. The van der Waals surface area contributed by atoms with Crippen molar-refractivity contribution >= 4 is 48.2 Å². The first kappa shape index (κ1) is 33.8. The van der Waals surface area contributed by atoms with Gasteiger partial charge in [0.2, 0.25) is 0 Å². The number of ketones is 2. The number of fused-ring (bicyclic) bond motifs is 2. The Morgan fingerprint density at radius 1 is 0.930 bits per heavy atom. The SMILES string of the molecule is COc1ccc(CCNCCCC2C(=O)c3[nH]c(-c4ccccc4OC)nc3C3=C2C(=O)C(C)(C)N=C3)cc1OC.Cl.Cl. The molecule has 1 aliphatic carbocycles. The molecule has 2 aromatic carbocycles. The van der Waals surface area contributed by atoms with Gasteiger partial charge in [0.05, 0.1) is 32.8 Å². The van der Waals surface area contributed by atoms with Gasteiger partial charge in [0.25, 0.3) is 0 Å². The minimum absolute atomic E-state index is 0. The van der Waals surface area contributed by atoms with Gasteiger partial charge in [0.15, 0.2) is 23.1 Å². The van der Waals surface area contributed by atoms with Crippen molar-refractivity contribution in [3.8, 4) is 28.6 Å². The van der Waals surface area contributed by atoms with Crippen LogP contribution in [0, 0.1) is 5.92 Å². The summed E-state index contributed by atoms with van der Waals surface area (Å²) in [6, 6.07) is 13.4. The number of hydrogen-bond donors (Lipinski definition) is 2. The number of aromatic nitrogens is 2. The fourth-order valence-electron chi connectivity index (χ4n) is 5.46. The van der Waals surface area contributed by atoms with E-state index in [1.54, 1.807) is 41.4 Å². The number of aromatic amines is 1. The molecule has 5 rings (SSSR count). The normalized spacial score (nSPS) is 16.5. The molecule has 3 aromatic rings. The third kappa shape index (κ3) is 6.64. The predicted octanol–water partition coefficient (Wildman–Crippen LogP) is 5.56. The second-order valence-corrected chi connectivity index (χ2v) is 10.7. The lowest BCUT2D eigenvalue weighted by Crippen LogP contribution is -2.41. The number of carbonyl (C=O) groups is 2. The highest BCUT2D eigenvalue weighted by Crippen LogP contribution is 2.42. The number of aliphatic imine (C=N–C) groups is 1. The van der Waals surface area contributed by atoms with Crippen LogP contribution < -0.4 is 19.5 Å². The quantitative estimate of drug-likeness (QED) is 0.267. The van der Waals surface area contributed by atoms with E-state index in [1.807, 2.05) is 42.5 Å². The van der Waals surface area contributed by atoms with Gasteiger partial charge in [-0.25, -0.2) is 4.98 Å². The molecule has 11 heteroatoms. The van der Waals surface area contributed by atoms with Crippen LogP contribution in [0.25, 0.3) is 17.0 Å². The number of hydrogen-bond acceptors (Lipinski definition) is 8. The van der Waals surface area contributed by atoms with Crippen molar-refractivity contribution in [2.24, 2.45) is 10.9 Å². The summed E-state index contributed by atoms with van der Waals surface area (Å²) in [5.41, 5.74) is 3.00. The van der Waals surface area contributed by atoms with Gasteiger partial charge in [-0.15, -0.1) is 24.8 Å². The van der Waals surface area contributed by atoms with Crippen LogP contribution in [0.3, 0.4) is 0 Å². The van der Waals surface area contributed by atoms with Crippen LogP contribution in [0.15, 0.2) is 53.0 Å². The Morgan fingerprint density at radius 3 is 2.37 bits per heavy atom. The number of ether oxygens (including phenoxy) is 3. The van der Waals surface area contributed by atoms with Crippen LogP contribution in [0.2, 0.25) is 0 Å². The number of Topliss-reactive ketones (excluding diaryl/α,β-unsaturated/α-hetero) is 2. The summed E-state index contributed by atoms with van der Waals surface area (Å²) < 4.78 is 16.2. The van der Waals surface area contributed by atoms with Crippen LogP contribution >= 0.6 is 24.8 Å². The smallest absolute Gasteiger partial charge is 0.188 e. The Kier molecular flexibility index (Phi) is 11.2. The molecule has 43 heavy (non-hydrogen) atoms. The molecule has 1 aromatic heterocycles. The molecular weight excluding hydrogens is 591 g/mol. The minimum atomic E-state index is -0.922. The highest BCUT2D eigenvalue weighted by molar-refractivity contribution is 6.30. The number of nitrogens with one attached hydrogen (secondary N) is 2. The average Bonchev–Trinajstić information content (AvgIpc) is 3.43. The zero-order valence-electron chi connectivity index (χ0n) is 25.0. The van der Waals surface area contributed by atoms with Gasteiger partial charge in [-0.2, -0.15) is 0 Å². The van der Waals surface area contributed by atoms with E-state index in [9.17, 15) is 9.59 Å². The fraction of sp³-hybridized carbons (Fsp3) is 0.375. The van der Waals surface area contributed by atoms with Crippen molar-refractivity contribution in [1.29, 1.82) is 0 Å². The van der Waals surface area contributed by atoms with E-state index < -0.39 is 11.5 Å². The van der Waals surface area contributed by atoms with Gasteiger partial charge < -0.3 is 24.5 Å². The van der Waals surface area contributed by atoms with Gasteiger partial charge in [-0.05, 0) is 76.0 Å². The van der Waals surface area contributed by atoms with Crippen molar-refractivity contribution in [2.75, 3.05) is 34.4 Å². The highest BCUT2D eigenvalue weighted by Gasteiger charge is 2.45. The largest absolute Gasteiger partial charge is 0.496 e. The molecule has 9 nitrogen and oxygen atoms in total. The van der Waals surface area contributed by atoms with Gasteiger partial charge in [0, 0.05) is 17.4 Å². The molecule has 0 fully saturated rings. The molecule has 1 unspecified atom stereocenters. The Morgan fingerprint density at radius 2 is 1.65 bits per heavy atom. The van der Waals surface area contributed by atoms with Crippen molar-refractivity contribution in [3.05, 3.63) is 65.0 Å². The zero-order chi connectivity index (χ0) is 29.1. The Balaban J connectivity index is 0.00000253. The monoisotopic (exact) mass is 628 g/mol. The zero-order valence-corrected chi connectivity index (χ0v) is 26.6. The maximum atomic E-state index is 13.9. The first-order valence-corrected chi connectivity index (χ1v) is 13.8. The molecule has 2 heterocycles. The molecule has 1 atom stereocenters. The van der Waals surface area contributed by atoms with Crippen molar-refractivity contribution < 1.29 is 23.8 Å². The van der Waals surface area contributed by atoms with Crippen molar-refractivity contribution in [3.63, 3.8) is 0 Å². The van der Waals surface area contributed by atoms with E-state index >= 15 is 0 Å². The lowest BCUT2D eigenvalue weighted by molar-refractivity contribution is -0.119.